The Kier molecular flexibility index (Phi) is 5.55. The minimum Gasteiger partial charge on any atom is -0.463 e. The molecule has 6 nitrogen and oxygen atoms in total. The third kappa shape index (κ3) is 6.05. The Hall–Kier alpha value is -1.53. The van der Waals surface area contributed by atoms with E-state index in [0.717, 1.165) is 0 Å². The monoisotopic (exact) mass is 231 g/mol. The van der Waals surface area contributed by atoms with E-state index in [1.807, 2.05) is 0 Å². The molecule has 0 saturated heterocycles. The third-order valence-corrected chi connectivity index (χ3v) is 1.16. The normalized spacial score (nSPS) is 10.1. The van der Waals surface area contributed by atoms with Crippen molar-refractivity contribution in [3.8, 4) is 0 Å². The second kappa shape index (κ2) is 6.14. The van der Waals surface area contributed by atoms with E-state index in [1.54, 1.807) is 26.3 Å². The molecule has 0 aromatic carbocycles. The SMILES string of the molecule is CC(C)(C)O.COC(=O)c1occc1NO. The van der Waals surface area contributed by atoms with Crippen molar-refractivity contribution in [3.63, 3.8) is 0 Å². The Balaban J connectivity index is 0.000000385. The van der Waals surface area contributed by atoms with Crippen LogP contribution < -0.4 is 5.48 Å². The van der Waals surface area contributed by atoms with Crippen molar-refractivity contribution < 1.29 is 24.3 Å². The molecule has 0 unspecified atom stereocenters. The fourth-order valence-electron chi connectivity index (χ4n) is 0.648. The van der Waals surface area contributed by atoms with Crippen molar-refractivity contribution in [2.24, 2.45) is 0 Å². The first-order chi connectivity index (χ1) is 7.29. The quantitative estimate of drug-likeness (QED) is 0.529. The van der Waals surface area contributed by atoms with Crippen molar-refractivity contribution in [2.75, 3.05) is 12.6 Å². The van der Waals surface area contributed by atoms with Crippen LogP contribution in [0.15, 0.2) is 16.7 Å². The van der Waals surface area contributed by atoms with Crippen LogP contribution in [0.4, 0.5) is 5.69 Å². The van der Waals surface area contributed by atoms with Gasteiger partial charge in [-0.25, -0.2) is 4.79 Å². The molecule has 0 amide bonds. The first-order valence-electron chi connectivity index (χ1n) is 4.58. The molecule has 0 fully saturated rings. The zero-order valence-corrected chi connectivity index (χ0v) is 9.77. The van der Waals surface area contributed by atoms with E-state index in [0.29, 0.717) is 0 Å². The molecule has 6 heteroatoms. The number of carbonyl (C=O) groups excluding carboxylic acids is 1. The van der Waals surface area contributed by atoms with Crippen LogP contribution in [-0.4, -0.2) is 29.0 Å². The average Bonchev–Trinajstić information content (AvgIpc) is 2.61. The third-order valence-electron chi connectivity index (χ3n) is 1.16. The Labute approximate surface area is 93.8 Å². The van der Waals surface area contributed by atoms with Gasteiger partial charge in [-0.05, 0) is 20.8 Å². The molecule has 1 heterocycles. The summed E-state index contributed by atoms with van der Waals surface area (Å²) in [6.45, 7) is 5.23. The van der Waals surface area contributed by atoms with Crippen LogP contribution in [-0.2, 0) is 4.74 Å². The second-order valence-corrected chi connectivity index (χ2v) is 3.94. The zero-order chi connectivity index (χ0) is 12.8. The molecular formula is C10H17NO5. The van der Waals surface area contributed by atoms with E-state index in [9.17, 15) is 4.79 Å². The lowest BCUT2D eigenvalue weighted by Gasteiger charge is -2.04. The lowest BCUT2D eigenvalue weighted by molar-refractivity contribution is 0.0565. The molecule has 1 rings (SSSR count). The van der Waals surface area contributed by atoms with E-state index < -0.39 is 11.6 Å². The Morgan fingerprint density at radius 2 is 2.00 bits per heavy atom. The van der Waals surface area contributed by atoms with Crippen molar-refractivity contribution in [2.45, 2.75) is 26.4 Å². The maximum Gasteiger partial charge on any atom is 0.376 e. The number of aliphatic hydroxyl groups is 1. The summed E-state index contributed by atoms with van der Waals surface area (Å²) in [4.78, 5) is 10.8. The van der Waals surface area contributed by atoms with Crippen LogP contribution in [0.25, 0.3) is 0 Å². The highest BCUT2D eigenvalue weighted by Crippen LogP contribution is 2.16. The van der Waals surface area contributed by atoms with Crippen LogP contribution in [0.2, 0.25) is 0 Å². The number of hydrogen-bond acceptors (Lipinski definition) is 6. The standard InChI is InChI=1S/C6H7NO4.C4H10O/c1-10-6(8)5-4(7-9)2-3-11-5;1-4(2,3)5/h2-3,7,9H,1H3;5H,1-3H3. The number of nitrogens with one attached hydrogen (secondary N) is 1. The molecule has 0 aliphatic carbocycles. The summed E-state index contributed by atoms with van der Waals surface area (Å²) < 4.78 is 9.06. The minimum atomic E-state index is -0.633. The van der Waals surface area contributed by atoms with E-state index in [4.69, 9.17) is 14.7 Å². The van der Waals surface area contributed by atoms with Crippen molar-refractivity contribution >= 4 is 11.7 Å². The summed E-state index contributed by atoms with van der Waals surface area (Å²) in [5.74, 6) is -0.679. The van der Waals surface area contributed by atoms with Crippen LogP contribution in [0.3, 0.4) is 0 Å². The number of hydrogen-bond donors (Lipinski definition) is 3. The summed E-state index contributed by atoms with van der Waals surface area (Å²) in [6, 6.07) is 1.41. The molecule has 0 saturated carbocycles. The van der Waals surface area contributed by atoms with Crippen LogP contribution in [0.5, 0.6) is 0 Å². The highest BCUT2D eigenvalue weighted by atomic mass is 16.5. The largest absolute Gasteiger partial charge is 0.463 e. The van der Waals surface area contributed by atoms with E-state index in [-0.39, 0.29) is 11.4 Å². The summed E-state index contributed by atoms with van der Waals surface area (Å²) in [6.07, 6.45) is 1.27. The maximum atomic E-state index is 10.8. The smallest absolute Gasteiger partial charge is 0.376 e. The van der Waals surface area contributed by atoms with E-state index >= 15 is 0 Å². The van der Waals surface area contributed by atoms with Crippen molar-refractivity contribution in [1.29, 1.82) is 0 Å². The number of anilines is 1. The van der Waals surface area contributed by atoms with Gasteiger partial charge in [-0.15, -0.1) is 0 Å². The van der Waals surface area contributed by atoms with Gasteiger partial charge in [-0.2, -0.15) is 0 Å². The highest BCUT2D eigenvalue weighted by Gasteiger charge is 2.14. The van der Waals surface area contributed by atoms with Crippen LogP contribution >= 0.6 is 0 Å². The maximum absolute atomic E-state index is 10.8. The lowest BCUT2D eigenvalue weighted by Crippen LogP contribution is -2.10. The number of esters is 1. The van der Waals surface area contributed by atoms with Crippen LogP contribution in [0, 0.1) is 0 Å². The van der Waals surface area contributed by atoms with Crippen LogP contribution in [0.1, 0.15) is 31.3 Å². The zero-order valence-electron chi connectivity index (χ0n) is 9.77. The predicted molar refractivity (Wildman–Crippen MR) is 57.4 cm³/mol. The molecular weight excluding hydrogens is 214 g/mol. The topological polar surface area (TPSA) is 91.9 Å². The molecule has 0 radical (unpaired) electrons. The summed E-state index contributed by atoms with van der Waals surface area (Å²) >= 11 is 0. The van der Waals surface area contributed by atoms with Gasteiger partial charge in [0.25, 0.3) is 0 Å². The molecule has 1 aromatic heterocycles. The summed E-state index contributed by atoms with van der Waals surface area (Å²) in [5.41, 5.74) is 1.49. The van der Waals surface area contributed by atoms with Gasteiger partial charge in [0.2, 0.25) is 5.76 Å². The molecule has 92 valence electrons. The Bertz CT molecular complexity index is 320. The molecule has 0 spiro atoms. The van der Waals surface area contributed by atoms with Gasteiger partial charge in [0.1, 0.15) is 5.69 Å². The molecule has 0 aliphatic heterocycles. The number of carbonyl (C=O) groups is 1. The summed E-state index contributed by atoms with van der Waals surface area (Å²) in [5, 5.41) is 17.0. The Morgan fingerprint density at radius 3 is 2.38 bits per heavy atom. The molecule has 0 atom stereocenters. The van der Waals surface area contributed by atoms with Crippen molar-refractivity contribution in [3.05, 3.63) is 18.1 Å². The molecule has 0 bridgehead atoms. The van der Waals surface area contributed by atoms with Crippen molar-refractivity contribution in [1.82, 2.24) is 0 Å². The molecule has 3 N–H and O–H groups in total. The fraction of sp³-hybridized carbons (Fsp3) is 0.500. The van der Waals surface area contributed by atoms with E-state index in [2.05, 4.69) is 4.74 Å². The number of rotatable bonds is 2. The van der Waals surface area contributed by atoms with Gasteiger partial charge in [0, 0.05) is 6.07 Å². The Morgan fingerprint density at radius 1 is 1.50 bits per heavy atom. The second-order valence-electron chi connectivity index (χ2n) is 3.94. The average molecular weight is 231 g/mol. The molecule has 1 aromatic rings. The molecule has 16 heavy (non-hydrogen) atoms. The van der Waals surface area contributed by atoms with E-state index in [1.165, 1.54) is 19.4 Å². The first kappa shape index (κ1) is 14.5. The number of ether oxygens (including phenoxy) is 1. The fourth-order valence-corrected chi connectivity index (χ4v) is 0.648. The highest BCUT2D eigenvalue weighted by molar-refractivity contribution is 5.92. The number of furan rings is 1. The first-order valence-corrected chi connectivity index (χ1v) is 4.58. The molecule has 0 aliphatic rings. The number of methoxy groups -OCH3 is 1. The van der Waals surface area contributed by atoms with Gasteiger partial charge >= 0.3 is 5.97 Å². The summed E-state index contributed by atoms with van der Waals surface area (Å²) in [7, 11) is 1.23. The minimum absolute atomic E-state index is 0.0463. The van der Waals surface area contributed by atoms with Gasteiger partial charge in [0.15, 0.2) is 0 Å². The van der Waals surface area contributed by atoms with Gasteiger partial charge in [-0.3, -0.25) is 10.7 Å². The van der Waals surface area contributed by atoms with Gasteiger partial charge in [-0.1, -0.05) is 0 Å². The van der Waals surface area contributed by atoms with Gasteiger partial charge < -0.3 is 14.3 Å². The predicted octanol–water partition coefficient (Wildman–Crippen LogP) is 1.64. The van der Waals surface area contributed by atoms with Gasteiger partial charge in [0.05, 0.1) is 19.0 Å². The lowest BCUT2D eigenvalue weighted by atomic mass is 10.2.